The summed E-state index contributed by atoms with van der Waals surface area (Å²) < 4.78 is 59.5. The van der Waals surface area contributed by atoms with Crippen molar-refractivity contribution in [2.45, 2.75) is 31.8 Å². The molecular formula is C24H23F2NO5S. The topological polar surface area (TPSA) is 92.7 Å². The summed E-state index contributed by atoms with van der Waals surface area (Å²) in [6.07, 6.45) is 0.402. The smallest absolute Gasteiger partial charge is 0.336 e. The molecule has 0 radical (unpaired) electrons. The molecule has 0 heterocycles. The van der Waals surface area contributed by atoms with Gasteiger partial charge in [0.15, 0.2) is 11.6 Å². The highest BCUT2D eigenvalue weighted by Crippen LogP contribution is 2.20. The van der Waals surface area contributed by atoms with E-state index in [1.165, 1.54) is 12.1 Å². The maximum Gasteiger partial charge on any atom is 0.336 e. The van der Waals surface area contributed by atoms with E-state index in [9.17, 15) is 27.1 Å². The fourth-order valence-electron chi connectivity index (χ4n) is 3.17. The monoisotopic (exact) mass is 475 g/mol. The molecule has 0 fully saturated rings. The van der Waals surface area contributed by atoms with E-state index in [0.717, 1.165) is 23.8 Å². The second kappa shape index (κ2) is 10.1. The molecule has 0 unspecified atom stereocenters. The van der Waals surface area contributed by atoms with Gasteiger partial charge in [-0.05, 0) is 78.9 Å². The van der Waals surface area contributed by atoms with Crippen LogP contribution >= 0.6 is 0 Å². The van der Waals surface area contributed by atoms with Gasteiger partial charge in [-0.25, -0.2) is 26.7 Å². The molecule has 0 bridgehead atoms. The fourth-order valence-corrected chi connectivity index (χ4v) is 4.31. The van der Waals surface area contributed by atoms with Gasteiger partial charge in [0.2, 0.25) is 10.0 Å². The van der Waals surface area contributed by atoms with Crippen molar-refractivity contribution in [3.8, 4) is 5.75 Å². The quantitative estimate of drug-likeness (QED) is 0.479. The van der Waals surface area contributed by atoms with Crippen molar-refractivity contribution in [1.82, 2.24) is 4.72 Å². The van der Waals surface area contributed by atoms with Crippen molar-refractivity contribution in [2.75, 3.05) is 6.54 Å². The number of carboxylic acid groups (broad SMARTS) is 1. The highest BCUT2D eigenvalue weighted by Gasteiger charge is 2.19. The number of benzene rings is 3. The molecule has 174 valence electrons. The Hall–Kier alpha value is -3.30. The predicted molar refractivity (Wildman–Crippen MR) is 119 cm³/mol. The second-order valence-electron chi connectivity index (χ2n) is 7.55. The molecule has 9 heteroatoms. The van der Waals surface area contributed by atoms with Gasteiger partial charge in [0.05, 0.1) is 10.5 Å². The number of carbonyl (C=O) groups is 1. The maximum absolute atomic E-state index is 13.3. The molecular weight excluding hydrogens is 452 g/mol. The molecule has 0 saturated heterocycles. The first-order chi connectivity index (χ1) is 15.6. The van der Waals surface area contributed by atoms with Crippen LogP contribution in [0.5, 0.6) is 5.75 Å². The number of halogens is 2. The van der Waals surface area contributed by atoms with Gasteiger partial charge in [-0.3, -0.25) is 0 Å². The number of aromatic carboxylic acids is 1. The lowest BCUT2D eigenvalue weighted by Crippen LogP contribution is -2.26. The predicted octanol–water partition coefficient (Wildman–Crippen LogP) is 4.38. The lowest BCUT2D eigenvalue weighted by molar-refractivity contribution is 0.0695. The summed E-state index contributed by atoms with van der Waals surface area (Å²) in [4.78, 5) is 11.3. The van der Waals surface area contributed by atoms with E-state index in [1.807, 2.05) is 0 Å². The zero-order valence-electron chi connectivity index (χ0n) is 18.1. The van der Waals surface area contributed by atoms with Gasteiger partial charge in [0.25, 0.3) is 0 Å². The normalized spacial score (nSPS) is 11.4. The molecule has 0 aliphatic rings. The van der Waals surface area contributed by atoms with Crippen LogP contribution in [0.4, 0.5) is 8.78 Å². The van der Waals surface area contributed by atoms with Crippen LogP contribution < -0.4 is 9.46 Å². The van der Waals surface area contributed by atoms with E-state index in [4.69, 9.17) is 4.74 Å². The number of aryl methyl sites for hydroxylation is 1. The summed E-state index contributed by atoms with van der Waals surface area (Å²) >= 11 is 0. The zero-order valence-corrected chi connectivity index (χ0v) is 18.9. The maximum atomic E-state index is 13.3. The lowest BCUT2D eigenvalue weighted by atomic mass is 10.0. The van der Waals surface area contributed by atoms with E-state index in [1.54, 1.807) is 38.1 Å². The fraction of sp³-hybridized carbons (Fsp3) is 0.208. The summed E-state index contributed by atoms with van der Waals surface area (Å²) in [5.74, 6) is -2.51. The Kier molecular flexibility index (Phi) is 7.45. The lowest BCUT2D eigenvalue weighted by Gasteiger charge is -2.11. The van der Waals surface area contributed by atoms with E-state index in [0.29, 0.717) is 28.9 Å². The summed E-state index contributed by atoms with van der Waals surface area (Å²) in [7, 11) is -3.88. The van der Waals surface area contributed by atoms with Gasteiger partial charge in [-0.1, -0.05) is 18.2 Å². The van der Waals surface area contributed by atoms with Crippen molar-refractivity contribution in [1.29, 1.82) is 0 Å². The molecule has 0 amide bonds. The third-order valence-electron chi connectivity index (χ3n) is 5.20. The number of nitrogens with one attached hydrogen (secondary N) is 1. The first-order valence-electron chi connectivity index (χ1n) is 10.1. The summed E-state index contributed by atoms with van der Waals surface area (Å²) in [5.41, 5.74) is 2.39. The minimum atomic E-state index is -3.88. The van der Waals surface area contributed by atoms with E-state index < -0.39 is 27.6 Å². The summed E-state index contributed by atoms with van der Waals surface area (Å²) in [6.45, 7) is 3.49. The Bertz CT molecular complexity index is 1270. The van der Waals surface area contributed by atoms with Gasteiger partial charge in [0, 0.05) is 6.54 Å². The number of hydrogen-bond acceptors (Lipinski definition) is 4. The molecule has 33 heavy (non-hydrogen) atoms. The molecule has 3 aromatic rings. The Balaban J connectivity index is 1.57. The molecule has 0 aliphatic heterocycles. The van der Waals surface area contributed by atoms with Crippen molar-refractivity contribution in [3.05, 3.63) is 94.0 Å². The van der Waals surface area contributed by atoms with Crippen molar-refractivity contribution in [3.63, 3.8) is 0 Å². The van der Waals surface area contributed by atoms with Gasteiger partial charge in [-0.2, -0.15) is 0 Å². The molecule has 0 saturated carbocycles. The molecule has 0 spiro atoms. The third-order valence-corrected chi connectivity index (χ3v) is 6.64. The summed E-state index contributed by atoms with van der Waals surface area (Å²) in [6, 6.07) is 13.1. The molecule has 0 atom stereocenters. The average molecular weight is 476 g/mol. The first kappa shape index (κ1) is 24.3. The Morgan fingerprint density at radius 2 is 1.64 bits per heavy atom. The number of ether oxygens (including phenoxy) is 1. The van der Waals surface area contributed by atoms with Gasteiger partial charge in [0.1, 0.15) is 12.4 Å². The van der Waals surface area contributed by atoms with Crippen LogP contribution in [0.25, 0.3) is 0 Å². The Morgan fingerprint density at radius 3 is 2.27 bits per heavy atom. The van der Waals surface area contributed by atoms with Crippen LogP contribution in [-0.4, -0.2) is 26.0 Å². The molecule has 3 rings (SSSR count). The zero-order chi connectivity index (χ0) is 24.2. The van der Waals surface area contributed by atoms with Crippen LogP contribution in [-0.2, 0) is 23.1 Å². The van der Waals surface area contributed by atoms with E-state index in [-0.39, 0.29) is 23.6 Å². The molecule has 0 aliphatic carbocycles. The van der Waals surface area contributed by atoms with E-state index in [2.05, 4.69) is 4.72 Å². The average Bonchev–Trinajstić information content (AvgIpc) is 2.76. The molecule has 0 aromatic heterocycles. The van der Waals surface area contributed by atoms with E-state index >= 15 is 0 Å². The van der Waals surface area contributed by atoms with Gasteiger partial charge in [-0.15, -0.1) is 0 Å². The van der Waals surface area contributed by atoms with Crippen molar-refractivity contribution >= 4 is 16.0 Å². The highest BCUT2D eigenvalue weighted by atomic mass is 32.2. The first-order valence-corrected chi connectivity index (χ1v) is 11.5. The van der Waals surface area contributed by atoms with Crippen LogP contribution in [0, 0.1) is 25.5 Å². The summed E-state index contributed by atoms with van der Waals surface area (Å²) in [5, 5.41) is 9.30. The van der Waals surface area contributed by atoms with Crippen molar-refractivity contribution < 1.29 is 31.8 Å². The molecule has 6 nitrogen and oxygen atoms in total. The Labute approximate surface area is 190 Å². The van der Waals surface area contributed by atoms with Crippen LogP contribution in [0.3, 0.4) is 0 Å². The highest BCUT2D eigenvalue weighted by molar-refractivity contribution is 7.89. The minimum Gasteiger partial charge on any atom is -0.489 e. The second-order valence-corrected chi connectivity index (χ2v) is 9.31. The molecule has 2 N–H and O–H groups in total. The number of hydrogen-bond donors (Lipinski definition) is 2. The van der Waals surface area contributed by atoms with Crippen molar-refractivity contribution in [2.24, 2.45) is 0 Å². The van der Waals surface area contributed by atoms with Crippen LogP contribution in [0.2, 0.25) is 0 Å². The van der Waals surface area contributed by atoms with Gasteiger partial charge < -0.3 is 9.84 Å². The number of sulfonamides is 1. The van der Waals surface area contributed by atoms with Crippen LogP contribution in [0.15, 0.2) is 59.5 Å². The number of rotatable bonds is 9. The Morgan fingerprint density at radius 1 is 0.970 bits per heavy atom. The standard InChI is InChI=1S/C24H23F2NO5S/c1-15-11-20(13-21(16(15)2)24(28)29)33(30,31)27-10-9-17-3-6-19(7-4-17)32-14-18-5-8-22(25)23(26)12-18/h3-8,11-13,27H,9-10,14H2,1-2H3,(H,28,29). The van der Waals surface area contributed by atoms with Crippen LogP contribution in [0.1, 0.15) is 32.6 Å². The SMILES string of the molecule is Cc1cc(S(=O)(=O)NCCc2ccc(OCc3ccc(F)c(F)c3)cc2)cc(C(=O)O)c1C. The largest absolute Gasteiger partial charge is 0.489 e. The van der Waals surface area contributed by atoms with Gasteiger partial charge >= 0.3 is 5.97 Å². The number of carboxylic acids is 1. The third kappa shape index (κ3) is 6.15. The molecule has 3 aromatic carbocycles. The minimum absolute atomic E-state index is 0.0469.